The summed E-state index contributed by atoms with van der Waals surface area (Å²) < 4.78 is 15.9. The maximum Gasteiger partial charge on any atom is 0.260 e. The average Bonchev–Trinajstić information content (AvgIpc) is 3.37. The summed E-state index contributed by atoms with van der Waals surface area (Å²) in [6, 6.07) is 6.69. The Morgan fingerprint density at radius 1 is 1.35 bits per heavy atom. The number of carbonyl (C=O) groups is 2. The number of ether oxygens (including phenoxy) is 2. The lowest BCUT2D eigenvalue weighted by molar-refractivity contribution is -0.125. The van der Waals surface area contributed by atoms with Gasteiger partial charge in [-0.3, -0.25) is 9.59 Å². The standard InChI is InChI=1S/C18H18N2O5S/c1-23-13-6-5-11-14(15(13)24-2)17(22)20-12(9-26-18(11)20)16(21)19-8-10-4-3-7-25-10/h3-7,12,18H,8-9H2,1-2H3,(H,19,21)/t12-,18?/m0/s1. The first kappa shape index (κ1) is 16.8. The van der Waals surface area contributed by atoms with Gasteiger partial charge in [0.05, 0.1) is 32.6 Å². The van der Waals surface area contributed by atoms with Gasteiger partial charge in [-0.25, -0.2) is 0 Å². The number of nitrogens with zero attached hydrogens (tertiary/aromatic N) is 1. The van der Waals surface area contributed by atoms with Crippen LogP contribution in [0.1, 0.15) is 27.1 Å². The lowest BCUT2D eigenvalue weighted by atomic mass is 10.1. The molecular formula is C18H18N2O5S. The summed E-state index contributed by atoms with van der Waals surface area (Å²) in [6.07, 6.45) is 1.56. The van der Waals surface area contributed by atoms with E-state index in [1.54, 1.807) is 41.1 Å². The number of rotatable bonds is 5. The molecule has 8 heteroatoms. The Kier molecular flexibility index (Phi) is 4.28. The third-order valence-corrected chi connectivity index (χ3v) is 5.92. The van der Waals surface area contributed by atoms with Gasteiger partial charge in [-0.05, 0) is 18.2 Å². The van der Waals surface area contributed by atoms with Crippen LogP contribution in [0.5, 0.6) is 11.5 Å². The molecule has 0 saturated carbocycles. The number of fused-ring (bicyclic) bond motifs is 3. The molecule has 1 fully saturated rings. The van der Waals surface area contributed by atoms with Crippen LogP contribution in [0, 0.1) is 0 Å². The third-order valence-electron chi connectivity index (χ3n) is 4.61. The molecule has 2 aliphatic heterocycles. The number of amides is 2. The Morgan fingerprint density at radius 2 is 2.19 bits per heavy atom. The van der Waals surface area contributed by atoms with Gasteiger partial charge in [0.2, 0.25) is 5.91 Å². The molecule has 1 aromatic heterocycles. The lowest BCUT2D eigenvalue weighted by Gasteiger charge is -2.22. The molecule has 4 rings (SSSR count). The highest BCUT2D eigenvalue weighted by atomic mass is 32.2. The number of benzene rings is 1. The van der Waals surface area contributed by atoms with Crippen LogP contribution in [-0.4, -0.2) is 42.7 Å². The van der Waals surface area contributed by atoms with Gasteiger partial charge in [0, 0.05) is 11.3 Å². The summed E-state index contributed by atoms with van der Waals surface area (Å²) in [4.78, 5) is 27.3. The van der Waals surface area contributed by atoms with Crippen molar-refractivity contribution < 1.29 is 23.5 Å². The van der Waals surface area contributed by atoms with Gasteiger partial charge < -0.3 is 24.1 Å². The van der Waals surface area contributed by atoms with E-state index in [0.29, 0.717) is 35.1 Å². The summed E-state index contributed by atoms with van der Waals surface area (Å²) >= 11 is 1.58. The first-order valence-corrected chi connectivity index (χ1v) is 9.19. The fraction of sp³-hybridized carbons (Fsp3) is 0.333. The second kappa shape index (κ2) is 6.60. The van der Waals surface area contributed by atoms with Crippen molar-refractivity contribution in [3.8, 4) is 11.5 Å². The molecule has 0 bridgehead atoms. The Hall–Kier alpha value is -2.61. The quantitative estimate of drug-likeness (QED) is 0.864. The SMILES string of the molecule is COc1ccc2c(c1OC)C(=O)N1C2SC[C@H]1C(=O)NCc1ccco1. The second-order valence-corrected chi connectivity index (χ2v) is 7.09. The van der Waals surface area contributed by atoms with Crippen LogP contribution in [0.3, 0.4) is 0 Å². The first-order chi connectivity index (χ1) is 12.7. The van der Waals surface area contributed by atoms with E-state index in [4.69, 9.17) is 13.9 Å². The van der Waals surface area contributed by atoms with Gasteiger partial charge in [0.15, 0.2) is 11.5 Å². The minimum absolute atomic E-state index is 0.184. The van der Waals surface area contributed by atoms with Crippen LogP contribution in [0.4, 0.5) is 0 Å². The number of hydrogen-bond acceptors (Lipinski definition) is 6. The first-order valence-electron chi connectivity index (χ1n) is 8.15. The molecule has 26 heavy (non-hydrogen) atoms. The number of methoxy groups -OCH3 is 2. The van der Waals surface area contributed by atoms with Crippen molar-refractivity contribution in [2.24, 2.45) is 0 Å². The van der Waals surface area contributed by atoms with Crippen LogP contribution >= 0.6 is 11.8 Å². The second-order valence-electron chi connectivity index (χ2n) is 5.98. The van der Waals surface area contributed by atoms with E-state index in [0.717, 1.165) is 5.56 Å². The average molecular weight is 374 g/mol. The fourth-order valence-electron chi connectivity index (χ4n) is 3.40. The topological polar surface area (TPSA) is 81.0 Å². The van der Waals surface area contributed by atoms with Gasteiger partial charge in [0.1, 0.15) is 17.2 Å². The highest BCUT2D eigenvalue weighted by Gasteiger charge is 2.50. The van der Waals surface area contributed by atoms with Gasteiger partial charge in [-0.1, -0.05) is 6.07 Å². The number of hydrogen-bond donors (Lipinski definition) is 1. The van der Waals surface area contributed by atoms with Crippen LogP contribution in [0.25, 0.3) is 0 Å². The van der Waals surface area contributed by atoms with Crippen LogP contribution in [-0.2, 0) is 11.3 Å². The van der Waals surface area contributed by atoms with Crippen molar-refractivity contribution in [1.82, 2.24) is 10.2 Å². The molecule has 2 atom stereocenters. The van der Waals surface area contributed by atoms with Crippen LogP contribution in [0.15, 0.2) is 34.9 Å². The highest BCUT2D eigenvalue weighted by molar-refractivity contribution is 7.99. The molecule has 1 saturated heterocycles. The van der Waals surface area contributed by atoms with Crippen molar-refractivity contribution in [3.05, 3.63) is 47.4 Å². The molecule has 2 amide bonds. The van der Waals surface area contributed by atoms with Crippen molar-refractivity contribution in [2.45, 2.75) is 18.0 Å². The van der Waals surface area contributed by atoms with Crippen molar-refractivity contribution in [3.63, 3.8) is 0 Å². The Morgan fingerprint density at radius 3 is 2.88 bits per heavy atom. The normalized spacial score (nSPS) is 20.7. The zero-order valence-electron chi connectivity index (χ0n) is 14.4. The largest absolute Gasteiger partial charge is 0.493 e. The van der Waals surface area contributed by atoms with Crippen molar-refractivity contribution >= 4 is 23.6 Å². The van der Waals surface area contributed by atoms with Crippen LogP contribution in [0.2, 0.25) is 0 Å². The van der Waals surface area contributed by atoms with Gasteiger partial charge >= 0.3 is 0 Å². The maximum atomic E-state index is 13.1. The molecule has 0 aliphatic carbocycles. The minimum atomic E-state index is -0.532. The summed E-state index contributed by atoms with van der Waals surface area (Å²) in [6.45, 7) is 0.295. The number of furan rings is 1. The monoisotopic (exact) mass is 374 g/mol. The minimum Gasteiger partial charge on any atom is -0.493 e. The molecule has 3 heterocycles. The maximum absolute atomic E-state index is 13.1. The molecule has 0 spiro atoms. The predicted octanol–water partition coefficient (Wildman–Crippen LogP) is 2.18. The highest BCUT2D eigenvalue weighted by Crippen LogP contribution is 2.52. The van der Waals surface area contributed by atoms with E-state index in [1.165, 1.54) is 14.2 Å². The Balaban J connectivity index is 1.58. The Labute approximate surface area is 154 Å². The van der Waals surface area contributed by atoms with E-state index < -0.39 is 6.04 Å². The van der Waals surface area contributed by atoms with Gasteiger partial charge in [-0.2, -0.15) is 0 Å². The Bertz CT molecular complexity index is 852. The van der Waals surface area contributed by atoms with Crippen molar-refractivity contribution in [2.75, 3.05) is 20.0 Å². The molecule has 1 aromatic carbocycles. The molecule has 2 aromatic rings. The van der Waals surface area contributed by atoms with E-state index >= 15 is 0 Å². The van der Waals surface area contributed by atoms with E-state index in [9.17, 15) is 9.59 Å². The zero-order chi connectivity index (χ0) is 18.3. The van der Waals surface area contributed by atoms with E-state index in [1.807, 2.05) is 6.07 Å². The smallest absolute Gasteiger partial charge is 0.260 e. The van der Waals surface area contributed by atoms with Crippen LogP contribution < -0.4 is 14.8 Å². The number of thioether (sulfide) groups is 1. The molecule has 0 radical (unpaired) electrons. The van der Waals surface area contributed by atoms with E-state index in [-0.39, 0.29) is 17.2 Å². The number of carbonyl (C=O) groups excluding carboxylic acids is 2. The van der Waals surface area contributed by atoms with Crippen molar-refractivity contribution in [1.29, 1.82) is 0 Å². The molecule has 136 valence electrons. The summed E-state index contributed by atoms with van der Waals surface area (Å²) in [7, 11) is 3.04. The molecule has 1 unspecified atom stereocenters. The van der Waals surface area contributed by atoms with E-state index in [2.05, 4.69) is 5.32 Å². The predicted molar refractivity (Wildman–Crippen MR) is 95.3 cm³/mol. The summed E-state index contributed by atoms with van der Waals surface area (Å²) in [5, 5.41) is 2.66. The van der Waals surface area contributed by atoms with Gasteiger partial charge in [0.25, 0.3) is 5.91 Å². The summed E-state index contributed by atoms with van der Waals surface area (Å²) in [5.41, 5.74) is 1.34. The zero-order valence-corrected chi connectivity index (χ0v) is 15.2. The molecule has 1 N–H and O–H groups in total. The number of nitrogens with one attached hydrogen (secondary N) is 1. The fourth-order valence-corrected chi connectivity index (χ4v) is 4.85. The summed E-state index contributed by atoms with van der Waals surface area (Å²) in [5.74, 6) is 1.74. The van der Waals surface area contributed by atoms with Gasteiger partial charge in [-0.15, -0.1) is 11.8 Å². The molecule has 7 nitrogen and oxygen atoms in total. The third kappa shape index (κ3) is 2.52. The molecular weight excluding hydrogens is 356 g/mol. The lowest BCUT2D eigenvalue weighted by Crippen LogP contribution is -2.45. The molecule has 2 aliphatic rings.